The summed E-state index contributed by atoms with van der Waals surface area (Å²) in [4.78, 5) is 5.36. The first-order valence-electron chi connectivity index (χ1n) is 7.29. The molecule has 0 saturated carbocycles. The molecule has 0 aromatic rings. The number of hydrogen-bond donors (Lipinski definition) is 1. The molecular formula is C14H29N3. The van der Waals surface area contributed by atoms with Crippen LogP contribution in [-0.2, 0) is 0 Å². The number of piperidine rings is 1. The summed E-state index contributed by atoms with van der Waals surface area (Å²) in [6, 6.07) is 0.765. The van der Waals surface area contributed by atoms with Gasteiger partial charge < -0.3 is 5.32 Å². The van der Waals surface area contributed by atoms with Crippen molar-refractivity contribution in [2.24, 2.45) is 0 Å². The van der Waals surface area contributed by atoms with Crippen molar-refractivity contribution in [1.29, 1.82) is 0 Å². The van der Waals surface area contributed by atoms with Gasteiger partial charge in [0, 0.05) is 44.3 Å². The van der Waals surface area contributed by atoms with Gasteiger partial charge in [0.05, 0.1) is 0 Å². The maximum absolute atomic E-state index is 3.43. The van der Waals surface area contributed by atoms with Crippen LogP contribution in [0, 0.1) is 0 Å². The molecule has 1 atom stereocenters. The van der Waals surface area contributed by atoms with E-state index in [9.17, 15) is 0 Å². The molecule has 3 nitrogen and oxygen atoms in total. The van der Waals surface area contributed by atoms with Crippen LogP contribution in [0.5, 0.6) is 0 Å². The van der Waals surface area contributed by atoms with E-state index in [1.165, 1.54) is 45.4 Å². The molecule has 2 saturated heterocycles. The fraction of sp³-hybridized carbons (Fsp3) is 1.00. The minimum atomic E-state index is 0.331. The summed E-state index contributed by atoms with van der Waals surface area (Å²) in [7, 11) is 0. The highest BCUT2D eigenvalue weighted by molar-refractivity contribution is 4.90. The van der Waals surface area contributed by atoms with Crippen LogP contribution in [0.25, 0.3) is 0 Å². The summed E-state index contributed by atoms with van der Waals surface area (Å²) in [5.41, 5.74) is 0.331. The maximum Gasteiger partial charge on any atom is 0.0283 e. The number of likely N-dealkylation sites (tertiary alicyclic amines) is 1. The van der Waals surface area contributed by atoms with E-state index in [4.69, 9.17) is 0 Å². The van der Waals surface area contributed by atoms with Crippen molar-refractivity contribution in [3.05, 3.63) is 0 Å². The standard InChI is InChI=1S/C14H29N3/c1-13-6-4-5-9-17(13)14(2,3)12-16-10-7-15-8-11-16/h13,15H,4-12H2,1-3H3. The van der Waals surface area contributed by atoms with Gasteiger partial charge in [-0.25, -0.2) is 0 Å². The third-order valence-electron chi connectivity index (χ3n) is 4.40. The number of piperazine rings is 1. The molecule has 17 heavy (non-hydrogen) atoms. The molecule has 2 aliphatic heterocycles. The lowest BCUT2D eigenvalue weighted by molar-refractivity contribution is 0.0193. The van der Waals surface area contributed by atoms with Crippen LogP contribution < -0.4 is 5.32 Å². The maximum atomic E-state index is 3.43. The lowest BCUT2D eigenvalue weighted by Gasteiger charge is -2.47. The van der Waals surface area contributed by atoms with Gasteiger partial charge in [-0.1, -0.05) is 6.42 Å². The molecule has 0 bridgehead atoms. The Morgan fingerprint density at radius 2 is 1.82 bits per heavy atom. The van der Waals surface area contributed by atoms with Crippen molar-refractivity contribution in [1.82, 2.24) is 15.1 Å². The van der Waals surface area contributed by atoms with Crippen LogP contribution in [0.4, 0.5) is 0 Å². The fourth-order valence-corrected chi connectivity index (χ4v) is 3.50. The lowest BCUT2D eigenvalue weighted by atomic mass is 9.93. The zero-order chi connectivity index (χ0) is 12.3. The van der Waals surface area contributed by atoms with Crippen LogP contribution in [0.2, 0.25) is 0 Å². The Labute approximate surface area is 107 Å². The van der Waals surface area contributed by atoms with E-state index in [-0.39, 0.29) is 0 Å². The summed E-state index contributed by atoms with van der Waals surface area (Å²) < 4.78 is 0. The summed E-state index contributed by atoms with van der Waals surface area (Å²) in [5.74, 6) is 0. The Kier molecular flexibility index (Phi) is 4.45. The van der Waals surface area contributed by atoms with E-state index in [1.807, 2.05) is 0 Å². The Morgan fingerprint density at radius 3 is 2.47 bits per heavy atom. The van der Waals surface area contributed by atoms with Gasteiger partial charge in [0.15, 0.2) is 0 Å². The molecule has 3 heteroatoms. The highest BCUT2D eigenvalue weighted by Gasteiger charge is 2.33. The summed E-state index contributed by atoms with van der Waals surface area (Å²) in [5, 5.41) is 3.43. The van der Waals surface area contributed by atoms with Crippen LogP contribution in [-0.4, -0.2) is 60.6 Å². The molecule has 2 rings (SSSR count). The van der Waals surface area contributed by atoms with E-state index < -0.39 is 0 Å². The molecule has 0 radical (unpaired) electrons. The quantitative estimate of drug-likeness (QED) is 0.806. The molecule has 1 N–H and O–H groups in total. The van der Waals surface area contributed by atoms with E-state index in [1.54, 1.807) is 0 Å². The molecule has 2 heterocycles. The molecular weight excluding hydrogens is 210 g/mol. The second-order valence-electron chi connectivity index (χ2n) is 6.38. The predicted octanol–water partition coefficient (Wildman–Crippen LogP) is 1.54. The van der Waals surface area contributed by atoms with Crippen molar-refractivity contribution < 1.29 is 0 Å². The Balaban J connectivity index is 1.91. The minimum absolute atomic E-state index is 0.331. The number of nitrogens with one attached hydrogen (secondary N) is 1. The number of nitrogens with zero attached hydrogens (tertiary/aromatic N) is 2. The molecule has 0 amide bonds. The summed E-state index contributed by atoms with van der Waals surface area (Å²) in [6.45, 7) is 14.5. The second kappa shape index (κ2) is 5.68. The fourth-order valence-electron chi connectivity index (χ4n) is 3.50. The van der Waals surface area contributed by atoms with Gasteiger partial charge in [-0.2, -0.15) is 0 Å². The zero-order valence-corrected chi connectivity index (χ0v) is 11.8. The first kappa shape index (κ1) is 13.3. The molecule has 1 unspecified atom stereocenters. The molecule has 0 aromatic carbocycles. The Hall–Kier alpha value is -0.120. The van der Waals surface area contributed by atoms with Gasteiger partial charge in [-0.05, 0) is 40.2 Å². The Morgan fingerprint density at radius 1 is 1.12 bits per heavy atom. The van der Waals surface area contributed by atoms with Gasteiger partial charge in [0.25, 0.3) is 0 Å². The van der Waals surface area contributed by atoms with E-state index >= 15 is 0 Å². The van der Waals surface area contributed by atoms with Gasteiger partial charge in [-0.3, -0.25) is 9.80 Å². The largest absolute Gasteiger partial charge is 0.314 e. The monoisotopic (exact) mass is 239 g/mol. The van der Waals surface area contributed by atoms with Crippen molar-refractivity contribution >= 4 is 0 Å². The average molecular weight is 239 g/mol. The molecule has 0 spiro atoms. The molecule has 0 aromatic heterocycles. The highest BCUT2D eigenvalue weighted by Crippen LogP contribution is 2.26. The van der Waals surface area contributed by atoms with Crippen molar-refractivity contribution in [2.45, 2.75) is 51.6 Å². The van der Waals surface area contributed by atoms with Gasteiger partial charge >= 0.3 is 0 Å². The molecule has 2 fully saturated rings. The number of hydrogen-bond acceptors (Lipinski definition) is 3. The molecule has 0 aliphatic carbocycles. The molecule has 2 aliphatic rings. The van der Waals surface area contributed by atoms with Gasteiger partial charge in [0.1, 0.15) is 0 Å². The van der Waals surface area contributed by atoms with E-state index in [0.717, 1.165) is 19.1 Å². The zero-order valence-electron chi connectivity index (χ0n) is 11.8. The molecule has 100 valence electrons. The van der Waals surface area contributed by atoms with Crippen LogP contribution >= 0.6 is 0 Å². The number of rotatable bonds is 3. The van der Waals surface area contributed by atoms with Gasteiger partial charge in [-0.15, -0.1) is 0 Å². The Bertz CT molecular complexity index is 234. The SMILES string of the molecule is CC1CCCCN1C(C)(C)CN1CCNCC1. The third-order valence-corrected chi connectivity index (χ3v) is 4.40. The summed E-state index contributed by atoms with van der Waals surface area (Å²) >= 11 is 0. The minimum Gasteiger partial charge on any atom is -0.314 e. The van der Waals surface area contributed by atoms with E-state index in [2.05, 4.69) is 35.9 Å². The van der Waals surface area contributed by atoms with Crippen LogP contribution in [0.3, 0.4) is 0 Å². The first-order chi connectivity index (χ1) is 8.09. The van der Waals surface area contributed by atoms with Crippen LogP contribution in [0.1, 0.15) is 40.0 Å². The highest BCUT2D eigenvalue weighted by atomic mass is 15.3. The predicted molar refractivity (Wildman–Crippen MR) is 73.4 cm³/mol. The normalized spacial score (nSPS) is 29.5. The van der Waals surface area contributed by atoms with Crippen molar-refractivity contribution in [2.75, 3.05) is 39.3 Å². The summed E-state index contributed by atoms with van der Waals surface area (Å²) in [6.07, 6.45) is 4.18. The first-order valence-corrected chi connectivity index (χ1v) is 7.29. The third kappa shape index (κ3) is 3.43. The smallest absolute Gasteiger partial charge is 0.0283 e. The van der Waals surface area contributed by atoms with Crippen LogP contribution in [0.15, 0.2) is 0 Å². The van der Waals surface area contributed by atoms with Gasteiger partial charge in [0.2, 0.25) is 0 Å². The van der Waals surface area contributed by atoms with Crippen molar-refractivity contribution in [3.63, 3.8) is 0 Å². The lowest BCUT2D eigenvalue weighted by Crippen LogP contribution is -2.58. The average Bonchev–Trinajstić information content (AvgIpc) is 2.30. The van der Waals surface area contributed by atoms with Crippen molar-refractivity contribution in [3.8, 4) is 0 Å². The topological polar surface area (TPSA) is 18.5 Å². The van der Waals surface area contributed by atoms with E-state index in [0.29, 0.717) is 5.54 Å². The second-order valence-corrected chi connectivity index (χ2v) is 6.38.